The van der Waals surface area contributed by atoms with Crippen LogP contribution in [0, 0.1) is 23.7 Å². The molecule has 0 radical (unpaired) electrons. The molecule has 0 aliphatic heterocycles. The van der Waals surface area contributed by atoms with Crippen LogP contribution in [-0.2, 0) is 19.1 Å². The topological polar surface area (TPSA) is 122 Å². The number of carbonyl (C=O) groups excluding carboxylic acids is 4. The van der Waals surface area contributed by atoms with Crippen molar-refractivity contribution >= 4 is 29.5 Å². The SMILES string of the molecule is CCOC(=O)c1cc(NC(=O)[C@H]2[C@@H](C(=O)[O-])[C@H]3C=C[C@H]2C3)cc(C(=O)OCC)c1. The first-order chi connectivity index (χ1) is 13.8. The van der Waals surface area contributed by atoms with E-state index in [0.717, 1.165) is 0 Å². The van der Waals surface area contributed by atoms with E-state index in [2.05, 4.69) is 5.32 Å². The van der Waals surface area contributed by atoms with Crippen molar-refractivity contribution in [2.45, 2.75) is 20.3 Å². The Bertz CT molecular complexity index is 840. The fourth-order valence-corrected chi connectivity index (χ4v) is 4.09. The Labute approximate surface area is 167 Å². The smallest absolute Gasteiger partial charge is 0.338 e. The highest BCUT2D eigenvalue weighted by molar-refractivity contribution is 6.01. The standard InChI is InChI=1S/C21H23NO7/c1-3-28-20(26)13-8-14(21(27)29-4-2)10-15(9-13)22-18(23)16-11-5-6-12(7-11)17(16)19(24)25/h5-6,8-12,16-17H,3-4,7H2,1-2H3,(H,22,23)(H,24,25)/p-1/t11-,12-,16+,17-/m0/s1. The lowest BCUT2D eigenvalue weighted by atomic mass is 9.82. The molecule has 0 heterocycles. The molecule has 8 nitrogen and oxygen atoms in total. The lowest BCUT2D eigenvalue weighted by Crippen LogP contribution is -2.42. The minimum Gasteiger partial charge on any atom is -0.550 e. The Kier molecular flexibility index (Phi) is 6.00. The van der Waals surface area contributed by atoms with Crippen LogP contribution in [0.3, 0.4) is 0 Å². The van der Waals surface area contributed by atoms with Crippen molar-refractivity contribution in [3.63, 3.8) is 0 Å². The van der Waals surface area contributed by atoms with E-state index in [1.54, 1.807) is 13.8 Å². The molecule has 0 saturated heterocycles. The predicted octanol–water partition coefficient (Wildman–Crippen LogP) is 1.17. The first-order valence-corrected chi connectivity index (χ1v) is 9.55. The van der Waals surface area contributed by atoms with Crippen LogP contribution in [0.2, 0.25) is 0 Å². The van der Waals surface area contributed by atoms with Gasteiger partial charge in [-0.3, -0.25) is 4.79 Å². The van der Waals surface area contributed by atoms with Crippen LogP contribution in [0.1, 0.15) is 41.0 Å². The number of hydrogen-bond acceptors (Lipinski definition) is 7. The Morgan fingerprint density at radius 2 is 1.45 bits per heavy atom. The molecule has 1 saturated carbocycles. The first-order valence-electron chi connectivity index (χ1n) is 9.55. The lowest BCUT2D eigenvalue weighted by Gasteiger charge is -2.27. The normalized spacial score (nSPS) is 24.2. The largest absolute Gasteiger partial charge is 0.550 e. The van der Waals surface area contributed by atoms with E-state index in [0.29, 0.717) is 6.42 Å². The van der Waals surface area contributed by atoms with Gasteiger partial charge in [0.25, 0.3) is 0 Å². The number of ether oxygens (including phenoxy) is 2. The number of amides is 1. The molecular formula is C21H22NO7-. The van der Waals surface area contributed by atoms with Crippen LogP contribution in [-0.4, -0.2) is 37.0 Å². The van der Waals surface area contributed by atoms with Crippen LogP contribution in [0.15, 0.2) is 30.4 Å². The number of esters is 2. The summed E-state index contributed by atoms with van der Waals surface area (Å²) in [5, 5.41) is 14.2. The molecule has 2 aliphatic carbocycles. The molecule has 4 atom stereocenters. The van der Waals surface area contributed by atoms with E-state index >= 15 is 0 Å². The predicted molar refractivity (Wildman–Crippen MR) is 99.7 cm³/mol. The van der Waals surface area contributed by atoms with Gasteiger partial charge in [-0.2, -0.15) is 0 Å². The van der Waals surface area contributed by atoms with Crippen molar-refractivity contribution in [2.75, 3.05) is 18.5 Å². The molecule has 1 fully saturated rings. The molecule has 3 rings (SSSR count). The van der Waals surface area contributed by atoms with Gasteiger partial charge < -0.3 is 24.7 Å². The molecule has 0 unspecified atom stereocenters. The number of nitrogens with one attached hydrogen (secondary N) is 1. The molecule has 1 aromatic carbocycles. The van der Waals surface area contributed by atoms with Gasteiger partial charge in [-0.25, -0.2) is 9.59 Å². The van der Waals surface area contributed by atoms with Gasteiger partial charge in [0, 0.05) is 17.6 Å². The molecule has 2 bridgehead atoms. The Morgan fingerprint density at radius 1 is 0.931 bits per heavy atom. The summed E-state index contributed by atoms with van der Waals surface area (Å²) in [4.78, 5) is 48.7. The number of hydrogen-bond donors (Lipinski definition) is 1. The van der Waals surface area contributed by atoms with Crippen LogP contribution >= 0.6 is 0 Å². The molecule has 29 heavy (non-hydrogen) atoms. The van der Waals surface area contributed by atoms with E-state index in [1.807, 2.05) is 12.2 Å². The van der Waals surface area contributed by atoms with E-state index in [-0.39, 0.29) is 41.9 Å². The quantitative estimate of drug-likeness (QED) is 0.538. The van der Waals surface area contributed by atoms with E-state index in [1.165, 1.54) is 18.2 Å². The summed E-state index contributed by atoms with van der Waals surface area (Å²) >= 11 is 0. The maximum Gasteiger partial charge on any atom is 0.338 e. The number of benzene rings is 1. The van der Waals surface area contributed by atoms with Crippen molar-refractivity contribution < 1.29 is 33.8 Å². The third kappa shape index (κ3) is 4.16. The molecule has 154 valence electrons. The summed E-state index contributed by atoms with van der Waals surface area (Å²) in [6.07, 6.45) is 4.26. The number of anilines is 1. The lowest BCUT2D eigenvalue weighted by molar-refractivity contribution is -0.313. The maximum absolute atomic E-state index is 12.9. The summed E-state index contributed by atoms with van der Waals surface area (Å²) in [7, 11) is 0. The number of allylic oxidation sites excluding steroid dienone is 2. The molecule has 1 N–H and O–H groups in total. The minimum absolute atomic E-state index is 0.0805. The van der Waals surface area contributed by atoms with Crippen molar-refractivity contribution in [1.29, 1.82) is 0 Å². The van der Waals surface area contributed by atoms with E-state index in [4.69, 9.17) is 9.47 Å². The summed E-state index contributed by atoms with van der Waals surface area (Å²) in [6, 6.07) is 4.10. The van der Waals surface area contributed by atoms with Gasteiger partial charge in [-0.1, -0.05) is 12.2 Å². The molecule has 0 aromatic heterocycles. The van der Waals surface area contributed by atoms with Crippen molar-refractivity contribution in [3.05, 3.63) is 41.5 Å². The summed E-state index contributed by atoms with van der Waals surface area (Å²) < 4.78 is 9.94. The van der Waals surface area contributed by atoms with Crippen LogP contribution in [0.25, 0.3) is 0 Å². The second kappa shape index (κ2) is 8.46. The van der Waals surface area contributed by atoms with Crippen molar-refractivity contribution in [2.24, 2.45) is 23.7 Å². The maximum atomic E-state index is 12.9. The Morgan fingerprint density at radius 3 is 1.93 bits per heavy atom. The minimum atomic E-state index is -1.26. The molecule has 0 spiro atoms. The van der Waals surface area contributed by atoms with Crippen LogP contribution < -0.4 is 10.4 Å². The van der Waals surface area contributed by atoms with Gasteiger partial charge in [0.05, 0.1) is 30.3 Å². The van der Waals surface area contributed by atoms with Gasteiger partial charge in [0.15, 0.2) is 0 Å². The Balaban J connectivity index is 1.88. The fraction of sp³-hybridized carbons (Fsp3) is 0.429. The fourth-order valence-electron chi connectivity index (χ4n) is 4.09. The molecular weight excluding hydrogens is 378 g/mol. The van der Waals surface area contributed by atoms with Crippen LogP contribution in [0.4, 0.5) is 5.69 Å². The molecule has 1 amide bonds. The average Bonchev–Trinajstić information content (AvgIpc) is 3.29. The highest BCUT2D eigenvalue weighted by Gasteiger charge is 2.48. The molecule has 8 heteroatoms. The van der Waals surface area contributed by atoms with Gasteiger partial charge in [0.2, 0.25) is 5.91 Å². The number of rotatable bonds is 7. The Hall–Kier alpha value is -3.16. The van der Waals surface area contributed by atoms with E-state index < -0.39 is 35.7 Å². The second-order valence-corrected chi connectivity index (χ2v) is 7.05. The third-order valence-electron chi connectivity index (χ3n) is 5.26. The van der Waals surface area contributed by atoms with Crippen molar-refractivity contribution in [3.8, 4) is 0 Å². The van der Waals surface area contributed by atoms with Gasteiger partial charge in [-0.05, 0) is 50.3 Å². The summed E-state index contributed by atoms with van der Waals surface area (Å²) in [5.74, 6) is -5.12. The second-order valence-electron chi connectivity index (χ2n) is 7.05. The zero-order valence-corrected chi connectivity index (χ0v) is 16.2. The zero-order valence-electron chi connectivity index (χ0n) is 16.2. The first kappa shape index (κ1) is 20.6. The number of fused-ring (bicyclic) bond motifs is 2. The average molecular weight is 400 g/mol. The number of carbonyl (C=O) groups is 4. The number of carboxylic acid groups (broad SMARTS) is 1. The number of carboxylic acids is 1. The monoisotopic (exact) mass is 400 g/mol. The summed E-state index contributed by atoms with van der Waals surface area (Å²) in [6.45, 7) is 3.60. The van der Waals surface area contributed by atoms with Gasteiger partial charge in [-0.15, -0.1) is 0 Å². The third-order valence-corrected chi connectivity index (χ3v) is 5.26. The van der Waals surface area contributed by atoms with Gasteiger partial charge >= 0.3 is 11.9 Å². The van der Waals surface area contributed by atoms with Crippen molar-refractivity contribution in [1.82, 2.24) is 0 Å². The summed E-state index contributed by atoms with van der Waals surface area (Å²) in [5.41, 5.74) is 0.349. The van der Waals surface area contributed by atoms with E-state index in [9.17, 15) is 24.3 Å². The van der Waals surface area contributed by atoms with Gasteiger partial charge in [0.1, 0.15) is 0 Å². The van der Waals surface area contributed by atoms with Crippen LogP contribution in [0.5, 0.6) is 0 Å². The molecule has 2 aliphatic rings. The molecule has 1 aromatic rings. The number of aliphatic carboxylic acids is 1. The highest BCUT2D eigenvalue weighted by Crippen LogP contribution is 2.48. The highest BCUT2D eigenvalue weighted by atomic mass is 16.5. The zero-order chi connectivity index (χ0) is 21.1.